The van der Waals surface area contributed by atoms with Gasteiger partial charge >= 0.3 is 0 Å². The standard InChI is InChI=1S/C12H15N3O5S/c1-8-4-10(15(17)18)2-3-11(8)14-6-9(5-12(14)16)7-21(13,19)20/h2-4,9H,5-7H2,1H3,(H2,13,19,20). The van der Waals surface area contributed by atoms with E-state index in [1.807, 2.05) is 0 Å². The zero-order valence-corrected chi connectivity index (χ0v) is 12.2. The molecular weight excluding hydrogens is 298 g/mol. The number of carbonyl (C=O) groups is 1. The van der Waals surface area contributed by atoms with Crippen LogP contribution in [-0.2, 0) is 14.8 Å². The molecular formula is C12H15N3O5S. The number of sulfonamides is 1. The Balaban J connectivity index is 2.23. The third-order valence-electron chi connectivity index (χ3n) is 3.36. The predicted molar refractivity (Wildman–Crippen MR) is 76.3 cm³/mol. The molecule has 9 heteroatoms. The van der Waals surface area contributed by atoms with E-state index in [4.69, 9.17) is 5.14 Å². The van der Waals surface area contributed by atoms with E-state index < -0.39 is 14.9 Å². The largest absolute Gasteiger partial charge is 0.312 e. The van der Waals surface area contributed by atoms with Crippen LogP contribution in [0.1, 0.15) is 12.0 Å². The van der Waals surface area contributed by atoms with Crippen molar-refractivity contribution in [2.75, 3.05) is 17.2 Å². The molecule has 1 heterocycles. The zero-order valence-electron chi connectivity index (χ0n) is 11.4. The highest BCUT2D eigenvalue weighted by atomic mass is 32.2. The monoisotopic (exact) mass is 313 g/mol. The van der Waals surface area contributed by atoms with Gasteiger partial charge in [0.1, 0.15) is 0 Å². The van der Waals surface area contributed by atoms with Crippen molar-refractivity contribution in [2.45, 2.75) is 13.3 Å². The molecule has 2 rings (SSSR count). The number of carbonyl (C=O) groups excluding carboxylic acids is 1. The number of nitro groups is 1. The average Bonchev–Trinajstić information content (AvgIpc) is 2.67. The summed E-state index contributed by atoms with van der Waals surface area (Å²) in [6.45, 7) is 1.91. The summed E-state index contributed by atoms with van der Waals surface area (Å²) in [5.41, 5.74) is 1.10. The summed E-state index contributed by atoms with van der Waals surface area (Å²) in [4.78, 5) is 23.6. The molecule has 1 aliphatic heterocycles. The fraction of sp³-hybridized carbons (Fsp3) is 0.417. The summed E-state index contributed by atoms with van der Waals surface area (Å²) in [6.07, 6.45) is 0.104. The molecule has 1 amide bonds. The summed E-state index contributed by atoms with van der Waals surface area (Å²) >= 11 is 0. The van der Waals surface area contributed by atoms with Crippen molar-refractivity contribution < 1.29 is 18.1 Å². The van der Waals surface area contributed by atoms with Gasteiger partial charge in [-0.1, -0.05) is 0 Å². The Hall–Kier alpha value is -2.00. The van der Waals surface area contributed by atoms with E-state index in [0.29, 0.717) is 11.3 Å². The van der Waals surface area contributed by atoms with Gasteiger partial charge in [-0.25, -0.2) is 13.6 Å². The molecule has 0 radical (unpaired) electrons. The maximum absolute atomic E-state index is 12.0. The van der Waals surface area contributed by atoms with Crippen LogP contribution in [0.15, 0.2) is 18.2 Å². The first-order valence-corrected chi connectivity index (χ1v) is 7.95. The quantitative estimate of drug-likeness (QED) is 0.642. The Morgan fingerprint density at radius 3 is 2.67 bits per heavy atom. The SMILES string of the molecule is Cc1cc([N+](=O)[O-])ccc1N1CC(CS(N)(=O)=O)CC1=O. The average molecular weight is 313 g/mol. The van der Waals surface area contributed by atoms with E-state index in [9.17, 15) is 23.3 Å². The number of benzene rings is 1. The Labute approximate surface area is 121 Å². The molecule has 8 nitrogen and oxygen atoms in total. The third kappa shape index (κ3) is 3.56. The molecule has 1 aliphatic rings. The van der Waals surface area contributed by atoms with Crippen molar-refractivity contribution in [1.29, 1.82) is 0 Å². The van der Waals surface area contributed by atoms with Crippen LogP contribution in [0.3, 0.4) is 0 Å². The second-order valence-corrected chi connectivity index (χ2v) is 6.79. The molecule has 1 atom stereocenters. The number of rotatable bonds is 4. The van der Waals surface area contributed by atoms with E-state index in [1.165, 1.54) is 23.1 Å². The van der Waals surface area contributed by atoms with Crippen LogP contribution in [0.2, 0.25) is 0 Å². The van der Waals surface area contributed by atoms with Gasteiger partial charge in [-0.3, -0.25) is 14.9 Å². The van der Waals surface area contributed by atoms with Crippen LogP contribution in [0.25, 0.3) is 0 Å². The molecule has 1 saturated heterocycles. The first kappa shape index (κ1) is 15.4. The van der Waals surface area contributed by atoms with Gasteiger partial charge < -0.3 is 4.90 Å². The van der Waals surface area contributed by atoms with Crippen molar-refractivity contribution in [2.24, 2.45) is 11.1 Å². The number of hydrogen-bond acceptors (Lipinski definition) is 5. The second kappa shape index (κ2) is 5.41. The van der Waals surface area contributed by atoms with E-state index in [2.05, 4.69) is 0 Å². The maximum Gasteiger partial charge on any atom is 0.269 e. The number of amides is 1. The minimum atomic E-state index is -3.63. The van der Waals surface area contributed by atoms with Crippen molar-refractivity contribution in [1.82, 2.24) is 0 Å². The molecule has 0 spiro atoms. The highest BCUT2D eigenvalue weighted by molar-refractivity contribution is 7.89. The number of non-ortho nitro benzene ring substituents is 1. The van der Waals surface area contributed by atoms with Crippen LogP contribution < -0.4 is 10.0 Å². The van der Waals surface area contributed by atoms with Gasteiger partial charge in [-0.2, -0.15) is 0 Å². The molecule has 21 heavy (non-hydrogen) atoms. The molecule has 1 fully saturated rings. The molecule has 0 aromatic heterocycles. The Morgan fingerprint density at radius 1 is 1.48 bits per heavy atom. The number of nitrogens with zero attached hydrogens (tertiary/aromatic N) is 2. The minimum absolute atomic E-state index is 0.0519. The first-order valence-electron chi connectivity index (χ1n) is 6.23. The van der Waals surface area contributed by atoms with Crippen molar-refractivity contribution in [3.8, 4) is 0 Å². The minimum Gasteiger partial charge on any atom is -0.312 e. The number of nitrogens with two attached hydrogens (primary N) is 1. The van der Waals surface area contributed by atoms with Gasteiger partial charge in [0.15, 0.2) is 0 Å². The smallest absolute Gasteiger partial charge is 0.269 e. The summed E-state index contributed by atoms with van der Waals surface area (Å²) in [6, 6.07) is 4.21. The highest BCUT2D eigenvalue weighted by Gasteiger charge is 2.33. The number of hydrogen-bond donors (Lipinski definition) is 1. The van der Waals surface area contributed by atoms with Crippen LogP contribution >= 0.6 is 0 Å². The topological polar surface area (TPSA) is 124 Å². The fourth-order valence-corrected chi connectivity index (χ4v) is 3.39. The highest BCUT2D eigenvalue weighted by Crippen LogP contribution is 2.30. The molecule has 1 unspecified atom stereocenters. The number of primary sulfonamides is 1. The molecule has 0 bridgehead atoms. The Morgan fingerprint density at radius 2 is 2.14 bits per heavy atom. The molecule has 1 aromatic carbocycles. The van der Waals surface area contributed by atoms with Gasteiger partial charge in [0, 0.05) is 36.7 Å². The summed E-state index contributed by atoms with van der Waals surface area (Å²) in [5.74, 6) is -0.816. The predicted octanol–water partition coefficient (Wildman–Crippen LogP) is 0.545. The lowest BCUT2D eigenvalue weighted by atomic mass is 10.1. The van der Waals surface area contributed by atoms with Crippen LogP contribution in [0.5, 0.6) is 0 Å². The first-order chi connectivity index (χ1) is 9.67. The lowest BCUT2D eigenvalue weighted by Gasteiger charge is -2.18. The zero-order chi connectivity index (χ0) is 15.8. The molecule has 1 aromatic rings. The summed E-state index contributed by atoms with van der Waals surface area (Å²) in [5, 5.41) is 15.7. The second-order valence-electron chi connectivity index (χ2n) is 5.13. The Kier molecular flexibility index (Phi) is 3.97. The third-order valence-corrected chi connectivity index (χ3v) is 4.29. The van der Waals surface area contributed by atoms with Crippen molar-refractivity contribution in [3.05, 3.63) is 33.9 Å². The number of aryl methyl sites for hydroxylation is 1. The van der Waals surface area contributed by atoms with E-state index >= 15 is 0 Å². The molecule has 2 N–H and O–H groups in total. The van der Waals surface area contributed by atoms with Gasteiger partial charge in [0.25, 0.3) is 5.69 Å². The fourth-order valence-electron chi connectivity index (χ4n) is 2.51. The van der Waals surface area contributed by atoms with Gasteiger partial charge in [0.2, 0.25) is 15.9 Å². The van der Waals surface area contributed by atoms with Gasteiger partial charge in [0.05, 0.1) is 10.7 Å². The van der Waals surface area contributed by atoms with E-state index in [1.54, 1.807) is 6.92 Å². The van der Waals surface area contributed by atoms with Gasteiger partial charge in [-0.15, -0.1) is 0 Å². The van der Waals surface area contributed by atoms with Gasteiger partial charge in [-0.05, 0) is 18.6 Å². The summed E-state index contributed by atoms with van der Waals surface area (Å²) in [7, 11) is -3.63. The molecule has 0 saturated carbocycles. The van der Waals surface area contributed by atoms with Crippen LogP contribution in [0, 0.1) is 23.0 Å². The lowest BCUT2D eigenvalue weighted by Crippen LogP contribution is -2.28. The van der Waals surface area contributed by atoms with E-state index in [-0.39, 0.29) is 36.2 Å². The van der Waals surface area contributed by atoms with Crippen molar-refractivity contribution >= 4 is 27.3 Å². The molecule has 114 valence electrons. The molecule has 0 aliphatic carbocycles. The number of nitro benzene ring substituents is 1. The number of anilines is 1. The normalized spacial score (nSPS) is 19.0. The van der Waals surface area contributed by atoms with Crippen LogP contribution in [0.4, 0.5) is 11.4 Å². The Bertz CT molecular complexity index is 701. The van der Waals surface area contributed by atoms with Crippen molar-refractivity contribution in [3.63, 3.8) is 0 Å². The van der Waals surface area contributed by atoms with Crippen LogP contribution in [-0.4, -0.2) is 31.5 Å². The maximum atomic E-state index is 12.0. The lowest BCUT2D eigenvalue weighted by molar-refractivity contribution is -0.384. The van der Waals surface area contributed by atoms with E-state index in [0.717, 1.165) is 0 Å². The summed E-state index contributed by atoms with van der Waals surface area (Å²) < 4.78 is 22.2.